The van der Waals surface area contributed by atoms with Crippen molar-refractivity contribution in [3.8, 4) is 0 Å². The zero-order valence-electron chi connectivity index (χ0n) is 14.7. The molecule has 1 fully saturated rings. The van der Waals surface area contributed by atoms with Crippen LogP contribution in [0.2, 0.25) is 0 Å². The fraction of sp³-hybridized carbons (Fsp3) is 0.750. The number of hydrogen-bond acceptors (Lipinski definition) is 5. The lowest BCUT2D eigenvalue weighted by atomic mass is 10.2. The van der Waals surface area contributed by atoms with Gasteiger partial charge >= 0.3 is 6.09 Å². The summed E-state index contributed by atoms with van der Waals surface area (Å²) in [6, 6.07) is 0. The van der Waals surface area contributed by atoms with E-state index < -0.39 is 5.60 Å². The molecule has 0 saturated carbocycles. The molecule has 0 aliphatic carbocycles. The monoisotopic (exact) mass is 323 g/mol. The number of rotatable bonds is 5. The molecule has 7 nitrogen and oxygen atoms in total. The first-order chi connectivity index (χ1) is 10.8. The molecule has 130 valence electrons. The summed E-state index contributed by atoms with van der Waals surface area (Å²) in [6.45, 7) is 13.7. The van der Waals surface area contributed by atoms with Crippen LogP contribution in [-0.4, -0.2) is 71.0 Å². The molecule has 1 aromatic heterocycles. The van der Waals surface area contributed by atoms with Crippen LogP contribution in [0, 0.1) is 6.92 Å². The van der Waals surface area contributed by atoms with E-state index in [-0.39, 0.29) is 6.09 Å². The molecule has 1 aliphatic heterocycles. The van der Waals surface area contributed by atoms with Crippen molar-refractivity contribution in [2.24, 2.45) is 0 Å². The highest BCUT2D eigenvalue weighted by atomic mass is 16.6. The number of carbonyl (C=O) groups is 1. The highest BCUT2D eigenvalue weighted by Crippen LogP contribution is 2.11. The quantitative estimate of drug-likeness (QED) is 0.801. The zero-order chi connectivity index (χ0) is 16.9. The number of nitrogens with zero attached hydrogens (tertiary/aromatic N) is 3. The maximum atomic E-state index is 12.0. The van der Waals surface area contributed by atoms with E-state index in [1.54, 1.807) is 4.90 Å². The molecule has 0 aromatic carbocycles. The van der Waals surface area contributed by atoms with E-state index in [0.717, 1.165) is 51.5 Å². The number of nitrogens with one attached hydrogen (secondary N) is 2. The van der Waals surface area contributed by atoms with Gasteiger partial charge in [-0.15, -0.1) is 0 Å². The number of hydrogen-bond donors (Lipinski definition) is 2. The van der Waals surface area contributed by atoms with E-state index in [1.165, 1.54) is 5.56 Å². The summed E-state index contributed by atoms with van der Waals surface area (Å²) in [5, 5.41) is 10.4. The first kappa shape index (κ1) is 17.7. The Bertz CT molecular complexity index is 501. The molecule has 0 bridgehead atoms. The van der Waals surface area contributed by atoms with Gasteiger partial charge < -0.3 is 15.0 Å². The van der Waals surface area contributed by atoms with E-state index in [9.17, 15) is 4.79 Å². The summed E-state index contributed by atoms with van der Waals surface area (Å²) in [4.78, 5) is 16.2. The molecule has 2 heterocycles. The molecule has 2 N–H and O–H groups in total. The number of amides is 1. The second-order valence-electron chi connectivity index (χ2n) is 7.01. The van der Waals surface area contributed by atoms with Gasteiger partial charge in [-0.2, -0.15) is 5.10 Å². The van der Waals surface area contributed by atoms with Crippen LogP contribution < -0.4 is 5.32 Å². The molecule has 1 aromatic rings. The summed E-state index contributed by atoms with van der Waals surface area (Å²) in [5.41, 5.74) is 1.90. The van der Waals surface area contributed by atoms with Crippen molar-refractivity contribution >= 4 is 6.09 Å². The Morgan fingerprint density at radius 1 is 1.35 bits per heavy atom. The Morgan fingerprint density at radius 2 is 2.04 bits per heavy atom. The molecule has 0 spiro atoms. The number of aromatic amines is 1. The number of carbonyl (C=O) groups excluding carboxylic acids is 1. The van der Waals surface area contributed by atoms with Crippen LogP contribution in [0.15, 0.2) is 6.20 Å². The number of H-pyrrole nitrogens is 1. The lowest BCUT2D eigenvalue weighted by molar-refractivity contribution is 0.0146. The first-order valence-corrected chi connectivity index (χ1v) is 8.25. The standard InChI is InChI=1S/C16H29N5O2/c1-13-14(12-18-19-13)11-17-5-6-20-7-9-21(10-8-20)15(22)23-16(2,3)4/h12,17H,5-11H2,1-4H3,(H,18,19). The predicted molar refractivity (Wildman–Crippen MR) is 89.3 cm³/mol. The van der Waals surface area contributed by atoms with E-state index in [0.29, 0.717) is 0 Å². The molecule has 0 atom stereocenters. The van der Waals surface area contributed by atoms with Crippen LogP contribution in [0.3, 0.4) is 0 Å². The minimum atomic E-state index is -0.427. The van der Waals surface area contributed by atoms with Crippen LogP contribution in [0.5, 0.6) is 0 Å². The van der Waals surface area contributed by atoms with Gasteiger partial charge in [0.05, 0.1) is 6.20 Å². The smallest absolute Gasteiger partial charge is 0.410 e. The van der Waals surface area contributed by atoms with Crippen molar-refractivity contribution in [3.05, 3.63) is 17.5 Å². The minimum absolute atomic E-state index is 0.203. The molecule has 0 radical (unpaired) electrons. The molecule has 1 aliphatic rings. The third kappa shape index (κ3) is 5.84. The van der Waals surface area contributed by atoms with Crippen molar-refractivity contribution in [2.75, 3.05) is 39.3 Å². The van der Waals surface area contributed by atoms with Crippen LogP contribution >= 0.6 is 0 Å². The molecule has 23 heavy (non-hydrogen) atoms. The number of ether oxygens (including phenoxy) is 1. The maximum Gasteiger partial charge on any atom is 0.410 e. The molecule has 7 heteroatoms. The number of aromatic nitrogens is 2. The highest BCUT2D eigenvalue weighted by Gasteiger charge is 2.25. The molecule has 0 unspecified atom stereocenters. The molecular weight excluding hydrogens is 294 g/mol. The third-order valence-corrected chi connectivity index (χ3v) is 3.88. The van der Waals surface area contributed by atoms with Crippen LogP contribution in [0.4, 0.5) is 4.79 Å². The summed E-state index contributed by atoms with van der Waals surface area (Å²) in [6.07, 6.45) is 1.66. The van der Waals surface area contributed by atoms with E-state index in [1.807, 2.05) is 33.9 Å². The third-order valence-electron chi connectivity index (χ3n) is 3.88. The fourth-order valence-electron chi connectivity index (χ4n) is 2.49. The minimum Gasteiger partial charge on any atom is -0.444 e. The Hall–Kier alpha value is -1.60. The summed E-state index contributed by atoms with van der Waals surface area (Å²) in [7, 11) is 0. The van der Waals surface area contributed by atoms with E-state index in [2.05, 4.69) is 20.4 Å². The normalized spacial score (nSPS) is 16.6. The largest absolute Gasteiger partial charge is 0.444 e. The number of aryl methyl sites for hydroxylation is 1. The van der Waals surface area contributed by atoms with Gasteiger partial charge in [-0.05, 0) is 27.7 Å². The Balaban J connectivity index is 1.61. The second kappa shape index (κ2) is 7.79. The van der Waals surface area contributed by atoms with Gasteiger partial charge in [0.2, 0.25) is 0 Å². The van der Waals surface area contributed by atoms with Gasteiger partial charge in [-0.3, -0.25) is 10.00 Å². The lowest BCUT2D eigenvalue weighted by Crippen LogP contribution is -2.51. The van der Waals surface area contributed by atoms with Crippen molar-refractivity contribution in [1.29, 1.82) is 0 Å². The zero-order valence-corrected chi connectivity index (χ0v) is 14.7. The predicted octanol–water partition coefficient (Wildman–Crippen LogP) is 1.36. The molecule has 1 saturated heterocycles. The van der Waals surface area contributed by atoms with Crippen LogP contribution in [0.1, 0.15) is 32.0 Å². The first-order valence-electron chi connectivity index (χ1n) is 8.25. The van der Waals surface area contributed by atoms with E-state index in [4.69, 9.17) is 4.74 Å². The average Bonchev–Trinajstić information content (AvgIpc) is 2.88. The average molecular weight is 323 g/mol. The van der Waals surface area contributed by atoms with Gasteiger partial charge in [-0.1, -0.05) is 0 Å². The van der Waals surface area contributed by atoms with Gasteiger partial charge in [0.15, 0.2) is 0 Å². The highest BCUT2D eigenvalue weighted by molar-refractivity contribution is 5.68. The van der Waals surface area contributed by atoms with E-state index >= 15 is 0 Å². The molecule has 2 rings (SSSR count). The summed E-state index contributed by atoms with van der Waals surface area (Å²) < 4.78 is 5.41. The second-order valence-corrected chi connectivity index (χ2v) is 7.01. The van der Waals surface area contributed by atoms with Crippen LogP contribution in [-0.2, 0) is 11.3 Å². The lowest BCUT2D eigenvalue weighted by Gasteiger charge is -2.35. The fourth-order valence-corrected chi connectivity index (χ4v) is 2.49. The number of piperazine rings is 1. The Kier molecular flexibility index (Phi) is 6.01. The van der Waals surface area contributed by atoms with Crippen molar-refractivity contribution in [1.82, 2.24) is 25.3 Å². The Morgan fingerprint density at radius 3 is 2.61 bits per heavy atom. The Labute approximate surface area is 138 Å². The molecule has 1 amide bonds. The van der Waals surface area contributed by atoms with Gasteiger partial charge in [0.25, 0.3) is 0 Å². The summed E-state index contributed by atoms with van der Waals surface area (Å²) >= 11 is 0. The van der Waals surface area contributed by atoms with Gasteiger partial charge in [-0.25, -0.2) is 4.79 Å². The van der Waals surface area contributed by atoms with Crippen LogP contribution in [0.25, 0.3) is 0 Å². The maximum absolute atomic E-state index is 12.0. The molecular formula is C16H29N5O2. The van der Waals surface area contributed by atoms with Gasteiger partial charge in [0, 0.05) is 57.1 Å². The topological polar surface area (TPSA) is 73.5 Å². The van der Waals surface area contributed by atoms with Gasteiger partial charge in [0.1, 0.15) is 5.60 Å². The SMILES string of the molecule is Cc1[nH]ncc1CNCCN1CCN(C(=O)OC(C)(C)C)CC1. The van der Waals surface area contributed by atoms with Crippen molar-refractivity contribution < 1.29 is 9.53 Å². The van der Waals surface area contributed by atoms with Crippen molar-refractivity contribution in [2.45, 2.75) is 39.8 Å². The summed E-state index contributed by atoms with van der Waals surface area (Å²) in [5.74, 6) is 0. The van der Waals surface area contributed by atoms with Crippen molar-refractivity contribution in [3.63, 3.8) is 0 Å².